The van der Waals surface area contributed by atoms with E-state index in [-0.39, 0.29) is 0 Å². The molecule has 0 aliphatic carbocycles. The van der Waals surface area contributed by atoms with E-state index in [4.69, 9.17) is 10.4 Å². The molecule has 1 aliphatic heterocycles. The van der Waals surface area contributed by atoms with Crippen molar-refractivity contribution in [1.82, 2.24) is 0 Å². The molecule has 1 aliphatic rings. The van der Waals surface area contributed by atoms with Crippen LogP contribution in [0.3, 0.4) is 0 Å². The van der Waals surface area contributed by atoms with Crippen LogP contribution in [0, 0.1) is 18.3 Å². The number of nitriles is 1. The predicted molar refractivity (Wildman–Crippen MR) is 63.9 cm³/mol. The molecule has 0 amide bonds. The van der Waals surface area contributed by atoms with E-state index in [1.165, 1.54) is 0 Å². The van der Waals surface area contributed by atoms with Crippen molar-refractivity contribution in [2.24, 2.45) is 0 Å². The second-order valence-electron chi connectivity index (χ2n) is 4.30. The molecule has 0 radical (unpaired) electrons. The van der Waals surface area contributed by atoms with Crippen LogP contribution in [0.25, 0.3) is 0 Å². The van der Waals surface area contributed by atoms with Crippen molar-refractivity contribution in [3.05, 3.63) is 29.3 Å². The Bertz CT molecular complexity index is 491. The Morgan fingerprint density at radius 3 is 2.94 bits per heavy atom. The van der Waals surface area contributed by atoms with Crippen molar-refractivity contribution in [1.29, 1.82) is 5.26 Å². The number of aliphatic carboxylic acids is 1. The first-order valence-electron chi connectivity index (χ1n) is 5.63. The Hall–Kier alpha value is -2.02. The molecular weight excluding hydrogens is 216 g/mol. The highest BCUT2D eigenvalue weighted by molar-refractivity contribution is 5.79. The van der Waals surface area contributed by atoms with Gasteiger partial charge in [-0.2, -0.15) is 5.26 Å². The minimum atomic E-state index is -0.774. The van der Waals surface area contributed by atoms with E-state index < -0.39 is 12.0 Å². The fraction of sp³-hybridized carbons (Fsp3) is 0.385. The topological polar surface area (TPSA) is 64.3 Å². The van der Waals surface area contributed by atoms with Crippen LogP contribution in [0.4, 0.5) is 5.69 Å². The first-order valence-corrected chi connectivity index (χ1v) is 5.63. The smallest absolute Gasteiger partial charge is 0.326 e. The van der Waals surface area contributed by atoms with Gasteiger partial charge in [0.15, 0.2) is 0 Å². The standard InChI is InChI=1S/C13H14N2O2/c1-9-7-11(5-4-10(9)8-14)15-6-2-3-12(15)13(16)17/h4-5,7,12H,2-3,6H2,1H3,(H,16,17). The number of nitrogens with zero attached hydrogens (tertiary/aromatic N) is 2. The van der Waals surface area contributed by atoms with Crippen molar-refractivity contribution in [2.45, 2.75) is 25.8 Å². The number of benzene rings is 1. The lowest BCUT2D eigenvalue weighted by molar-refractivity contribution is -0.138. The summed E-state index contributed by atoms with van der Waals surface area (Å²) in [5.74, 6) is -0.774. The van der Waals surface area contributed by atoms with Crippen LogP contribution in [0.15, 0.2) is 18.2 Å². The molecule has 2 rings (SSSR count). The fourth-order valence-electron chi connectivity index (χ4n) is 2.28. The second kappa shape index (κ2) is 4.46. The molecule has 1 fully saturated rings. The number of hydrogen-bond acceptors (Lipinski definition) is 3. The van der Waals surface area contributed by atoms with E-state index >= 15 is 0 Å². The number of carbonyl (C=O) groups is 1. The first-order chi connectivity index (χ1) is 8.13. The lowest BCUT2D eigenvalue weighted by Crippen LogP contribution is -2.35. The number of hydrogen-bond donors (Lipinski definition) is 1. The van der Waals surface area contributed by atoms with Gasteiger partial charge in [0.05, 0.1) is 11.6 Å². The Morgan fingerprint density at radius 2 is 2.35 bits per heavy atom. The Balaban J connectivity index is 2.31. The Labute approximate surface area is 100 Å². The summed E-state index contributed by atoms with van der Waals surface area (Å²) < 4.78 is 0. The fourth-order valence-corrected chi connectivity index (χ4v) is 2.28. The predicted octanol–water partition coefficient (Wildman–Crippen LogP) is 1.92. The van der Waals surface area contributed by atoms with Crippen LogP contribution < -0.4 is 4.90 Å². The zero-order valence-electron chi connectivity index (χ0n) is 9.68. The Morgan fingerprint density at radius 1 is 1.59 bits per heavy atom. The molecule has 4 heteroatoms. The van der Waals surface area contributed by atoms with Gasteiger partial charge in [0.1, 0.15) is 6.04 Å². The summed E-state index contributed by atoms with van der Waals surface area (Å²) in [5, 5.41) is 18.0. The van der Waals surface area contributed by atoms with Crippen molar-refractivity contribution < 1.29 is 9.90 Å². The van der Waals surface area contributed by atoms with E-state index in [2.05, 4.69) is 6.07 Å². The molecule has 88 valence electrons. The minimum absolute atomic E-state index is 0.428. The maximum atomic E-state index is 11.1. The highest BCUT2D eigenvalue weighted by Crippen LogP contribution is 2.27. The number of rotatable bonds is 2. The molecule has 1 aromatic carbocycles. The quantitative estimate of drug-likeness (QED) is 0.843. The summed E-state index contributed by atoms with van der Waals surface area (Å²) in [4.78, 5) is 13.0. The SMILES string of the molecule is Cc1cc(N2CCCC2C(=O)O)ccc1C#N. The van der Waals surface area contributed by atoms with Gasteiger partial charge < -0.3 is 10.0 Å². The van der Waals surface area contributed by atoms with Gasteiger partial charge >= 0.3 is 5.97 Å². The molecule has 1 N–H and O–H groups in total. The molecule has 4 nitrogen and oxygen atoms in total. The van der Waals surface area contributed by atoms with Gasteiger partial charge in [-0.15, -0.1) is 0 Å². The van der Waals surface area contributed by atoms with Crippen molar-refractivity contribution in [3.8, 4) is 6.07 Å². The third kappa shape index (κ3) is 2.09. The summed E-state index contributed by atoms with van der Waals surface area (Å²) in [7, 11) is 0. The normalized spacial score (nSPS) is 19.1. The summed E-state index contributed by atoms with van der Waals surface area (Å²) in [6.45, 7) is 2.64. The maximum Gasteiger partial charge on any atom is 0.326 e. The van der Waals surface area contributed by atoms with Crippen LogP contribution in [-0.2, 0) is 4.79 Å². The number of aryl methyl sites for hydroxylation is 1. The number of carboxylic acids is 1. The van der Waals surface area contributed by atoms with Gasteiger partial charge in [-0.25, -0.2) is 4.79 Å². The van der Waals surface area contributed by atoms with E-state index in [1.54, 1.807) is 6.07 Å². The zero-order valence-corrected chi connectivity index (χ0v) is 9.68. The monoisotopic (exact) mass is 230 g/mol. The molecule has 1 saturated heterocycles. The van der Waals surface area contributed by atoms with Gasteiger partial charge in [0, 0.05) is 12.2 Å². The molecule has 0 bridgehead atoms. The molecule has 1 heterocycles. The lowest BCUT2D eigenvalue weighted by Gasteiger charge is -2.24. The van der Waals surface area contributed by atoms with E-state index in [0.717, 1.165) is 24.2 Å². The molecule has 0 saturated carbocycles. The number of carboxylic acid groups (broad SMARTS) is 1. The van der Waals surface area contributed by atoms with Crippen LogP contribution in [0.5, 0.6) is 0 Å². The molecule has 17 heavy (non-hydrogen) atoms. The Kier molecular flexibility index (Phi) is 3.01. The van der Waals surface area contributed by atoms with Gasteiger partial charge in [-0.1, -0.05) is 0 Å². The van der Waals surface area contributed by atoms with Gasteiger partial charge in [0.25, 0.3) is 0 Å². The second-order valence-corrected chi connectivity index (χ2v) is 4.30. The van der Waals surface area contributed by atoms with Crippen LogP contribution in [0.2, 0.25) is 0 Å². The van der Waals surface area contributed by atoms with Crippen LogP contribution in [-0.4, -0.2) is 23.7 Å². The average molecular weight is 230 g/mol. The lowest BCUT2D eigenvalue weighted by atomic mass is 10.1. The van der Waals surface area contributed by atoms with Gasteiger partial charge in [-0.3, -0.25) is 0 Å². The number of anilines is 1. The van der Waals surface area contributed by atoms with Gasteiger partial charge in [-0.05, 0) is 43.5 Å². The van der Waals surface area contributed by atoms with Crippen molar-refractivity contribution >= 4 is 11.7 Å². The molecule has 0 spiro atoms. The molecule has 1 aromatic rings. The molecule has 1 atom stereocenters. The van der Waals surface area contributed by atoms with Crippen molar-refractivity contribution in [2.75, 3.05) is 11.4 Å². The summed E-state index contributed by atoms with van der Waals surface area (Å²) in [5.41, 5.74) is 2.42. The third-order valence-corrected chi connectivity index (χ3v) is 3.20. The average Bonchev–Trinajstić information content (AvgIpc) is 2.77. The summed E-state index contributed by atoms with van der Waals surface area (Å²) in [6.07, 6.45) is 1.59. The van der Waals surface area contributed by atoms with E-state index in [9.17, 15) is 4.79 Å². The highest BCUT2D eigenvalue weighted by Gasteiger charge is 2.30. The van der Waals surface area contributed by atoms with E-state index in [0.29, 0.717) is 12.0 Å². The van der Waals surface area contributed by atoms with Crippen LogP contribution >= 0.6 is 0 Å². The third-order valence-electron chi connectivity index (χ3n) is 3.20. The first kappa shape index (κ1) is 11.5. The molecule has 0 aromatic heterocycles. The maximum absolute atomic E-state index is 11.1. The highest BCUT2D eigenvalue weighted by atomic mass is 16.4. The minimum Gasteiger partial charge on any atom is -0.480 e. The molecule has 1 unspecified atom stereocenters. The zero-order chi connectivity index (χ0) is 12.4. The summed E-state index contributed by atoms with van der Waals surface area (Å²) >= 11 is 0. The molecular formula is C13H14N2O2. The van der Waals surface area contributed by atoms with Crippen LogP contribution in [0.1, 0.15) is 24.0 Å². The van der Waals surface area contributed by atoms with E-state index in [1.807, 2.05) is 24.0 Å². The largest absolute Gasteiger partial charge is 0.480 e. The van der Waals surface area contributed by atoms with Gasteiger partial charge in [0.2, 0.25) is 0 Å². The van der Waals surface area contributed by atoms with Crippen molar-refractivity contribution in [3.63, 3.8) is 0 Å². The summed E-state index contributed by atoms with van der Waals surface area (Å²) in [6, 6.07) is 7.15.